The molecule has 1 N–H and O–H groups in total. The summed E-state index contributed by atoms with van der Waals surface area (Å²) in [4.78, 5) is 12.7. The average molecular weight is 311 g/mol. The van der Waals surface area contributed by atoms with Crippen molar-refractivity contribution in [1.82, 2.24) is 0 Å². The van der Waals surface area contributed by atoms with E-state index in [-0.39, 0.29) is 17.0 Å². The second kappa shape index (κ2) is 7.27. The molecule has 0 bridgehead atoms. The summed E-state index contributed by atoms with van der Waals surface area (Å²) in [5.41, 5.74) is 1.28. The Kier molecular flexibility index (Phi) is 5.15. The second-order valence-corrected chi connectivity index (χ2v) is 5.12. The SMILES string of the molecule is CCCN(Cc1ccccc1O)c1ccc(C#N)cc1[N+](=O)[O-]. The van der Waals surface area contributed by atoms with Gasteiger partial charge in [0.05, 0.1) is 16.6 Å². The highest BCUT2D eigenvalue weighted by Crippen LogP contribution is 2.31. The van der Waals surface area contributed by atoms with E-state index in [1.807, 2.05) is 24.0 Å². The number of phenols is 1. The minimum Gasteiger partial charge on any atom is -0.508 e. The molecule has 0 aliphatic carbocycles. The maximum Gasteiger partial charge on any atom is 0.293 e. The van der Waals surface area contributed by atoms with Gasteiger partial charge in [0, 0.05) is 24.7 Å². The monoisotopic (exact) mass is 311 g/mol. The topological polar surface area (TPSA) is 90.4 Å². The van der Waals surface area contributed by atoms with Crippen LogP contribution in [0.15, 0.2) is 42.5 Å². The first-order valence-corrected chi connectivity index (χ1v) is 7.27. The number of hydrogen-bond acceptors (Lipinski definition) is 5. The van der Waals surface area contributed by atoms with Crippen molar-refractivity contribution in [3.05, 3.63) is 63.7 Å². The van der Waals surface area contributed by atoms with Crippen LogP contribution in [-0.4, -0.2) is 16.6 Å². The maximum absolute atomic E-state index is 11.3. The average Bonchev–Trinajstić information content (AvgIpc) is 2.55. The van der Waals surface area contributed by atoms with Crippen LogP contribution in [0.4, 0.5) is 11.4 Å². The van der Waals surface area contributed by atoms with Crippen LogP contribution in [0.2, 0.25) is 0 Å². The summed E-state index contributed by atoms with van der Waals surface area (Å²) in [6, 6.07) is 13.3. The zero-order valence-corrected chi connectivity index (χ0v) is 12.8. The van der Waals surface area contributed by atoms with Gasteiger partial charge in [-0.15, -0.1) is 0 Å². The lowest BCUT2D eigenvalue weighted by Gasteiger charge is -2.24. The Balaban J connectivity index is 2.43. The van der Waals surface area contributed by atoms with E-state index in [1.54, 1.807) is 30.3 Å². The fourth-order valence-corrected chi connectivity index (χ4v) is 2.41. The highest BCUT2D eigenvalue weighted by molar-refractivity contribution is 5.66. The van der Waals surface area contributed by atoms with E-state index < -0.39 is 4.92 Å². The lowest BCUT2D eigenvalue weighted by atomic mass is 10.1. The Labute approximate surface area is 134 Å². The molecule has 0 spiro atoms. The van der Waals surface area contributed by atoms with E-state index in [4.69, 9.17) is 5.26 Å². The van der Waals surface area contributed by atoms with Crippen molar-refractivity contribution >= 4 is 11.4 Å². The number of nitrogens with zero attached hydrogens (tertiary/aromatic N) is 3. The number of hydrogen-bond donors (Lipinski definition) is 1. The maximum atomic E-state index is 11.3. The number of phenolic OH excluding ortho intramolecular Hbond substituents is 1. The van der Waals surface area contributed by atoms with Crippen LogP contribution in [0.3, 0.4) is 0 Å². The van der Waals surface area contributed by atoms with Crippen molar-refractivity contribution in [3.8, 4) is 11.8 Å². The standard InChI is InChI=1S/C17H17N3O3/c1-2-9-19(12-14-5-3-4-6-17(14)21)15-8-7-13(11-18)10-16(15)20(22)23/h3-8,10,21H,2,9,12H2,1H3. The van der Waals surface area contributed by atoms with E-state index in [9.17, 15) is 15.2 Å². The van der Waals surface area contributed by atoms with Crippen molar-refractivity contribution in [2.24, 2.45) is 0 Å². The molecule has 6 heteroatoms. The Morgan fingerprint density at radius 1 is 1.30 bits per heavy atom. The molecule has 0 unspecified atom stereocenters. The molecule has 2 aromatic rings. The minimum absolute atomic E-state index is 0.104. The summed E-state index contributed by atoms with van der Waals surface area (Å²) in [5.74, 6) is 0.157. The highest BCUT2D eigenvalue weighted by Gasteiger charge is 2.20. The molecule has 0 amide bonds. The number of para-hydroxylation sites is 1. The van der Waals surface area contributed by atoms with Gasteiger partial charge in [0.2, 0.25) is 0 Å². The van der Waals surface area contributed by atoms with Gasteiger partial charge < -0.3 is 10.0 Å². The van der Waals surface area contributed by atoms with Crippen molar-refractivity contribution < 1.29 is 10.0 Å². The van der Waals surface area contributed by atoms with Gasteiger partial charge in [0.15, 0.2) is 0 Å². The first kappa shape index (κ1) is 16.3. The predicted octanol–water partition coefficient (Wildman–Crippen LogP) is 3.59. The molecule has 0 saturated carbocycles. The molecular formula is C17H17N3O3. The lowest BCUT2D eigenvalue weighted by molar-refractivity contribution is -0.384. The number of aromatic hydroxyl groups is 1. The van der Waals surface area contributed by atoms with E-state index >= 15 is 0 Å². The first-order valence-electron chi connectivity index (χ1n) is 7.27. The van der Waals surface area contributed by atoms with Crippen molar-refractivity contribution in [2.75, 3.05) is 11.4 Å². The normalized spacial score (nSPS) is 10.1. The van der Waals surface area contributed by atoms with Crippen molar-refractivity contribution in [1.29, 1.82) is 5.26 Å². The number of benzene rings is 2. The Morgan fingerprint density at radius 3 is 2.65 bits per heavy atom. The molecule has 23 heavy (non-hydrogen) atoms. The Morgan fingerprint density at radius 2 is 2.04 bits per heavy atom. The van der Waals surface area contributed by atoms with Crippen molar-refractivity contribution in [3.63, 3.8) is 0 Å². The van der Waals surface area contributed by atoms with Gasteiger partial charge in [-0.3, -0.25) is 10.1 Å². The third-order valence-corrected chi connectivity index (χ3v) is 3.49. The minimum atomic E-state index is -0.482. The smallest absolute Gasteiger partial charge is 0.293 e. The summed E-state index contributed by atoms with van der Waals surface area (Å²) in [6.07, 6.45) is 0.796. The molecule has 0 fully saturated rings. The van der Waals surface area contributed by atoms with Gasteiger partial charge in [0.25, 0.3) is 5.69 Å². The fraction of sp³-hybridized carbons (Fsp3) is 0.235. The van der Waals surface area contributed by atoms with E-state index in [0.29, 0.717) is 24.3 Å². The molecule has 2 rings (SSSR count). The molecular weight excluding hydrogens is 294 g/mol. The molecule has 0 aliphatic heterocycles. The zero-order chi connectivity index (χ0) is 16.8. The number of anilines is 1. The van der Waals surface area contributed by atoms with Crippen LogP contribution in [0.25, 0.3) is 0 Å². The molecule has 6 nitrogen and oxygen atoms in total. The molecule has 0 atom stereocenters. The molecule has 0 heterocycles. The van der Waals surface area contributed by atoms with Crippen LogP contribution in [-0.2, 0) is 6.54 Å². The van der Waals surface area contributed by atoms with Gasteiger partial charge in [-0.25, -0.2) is 0 Å². The molecule has 2 aromatic carbocycles. The molecule has 0 radical (unpaired) electrons. The van der Waals surface area contributed by atoms with Crippen LogP contribution in [0, 0.1) is 21.4 Å². The molecule has 118 valence electrons. The highest BCUT2D eigenvalue weighted by atomic mass is 16.6. The summed E-state index contributed by atoms with van der Waals surface area (Å²) < 4.78 is 0. The summed E-state index contributed by atoms with van der Waals surface area (Å²) in [5, 5.41) is 30.2. The Hall–Kier alpha value is -3.07. The predicted molar refractivity (Wildman–Crippen MR) is 87.3 cm³/mol. The Bertz CT molecular complexity index is 753. The number of rotatable bonds is 6. The third-order valence-electron chi connectivity index (χ3n) is 3.49. The van der Waals surface area contributed by atoms with Gasteiger partial charge >= 0.3 is 0 Å². The quantitative estimate of drug-likeness (QED) is 0.650. The number of nitriles is 1. The summed E-state index contributed by atoms with van der Waals surface area (Å²) in [7, 11) is 0. The lowest BCUT2D eigenvalue weighted by Crippen LogP contribution is -2.24. The van der Waals surface area contributed by atoms with Crippen LogP contribution >= 0.6 is 0 Å². The van der Waals surface area contributed by atoms with E-state index in [0.717, 1.165) is 6.42 Å². The van der Waals surface area contributed by atoms with E-state index in [1.165, 1.54) is 6.07 Å². The summed E-state index contributed by atoms with van der Waals surface area (Å²) in [6.45, 7) is 2.93. The van der Waals surface area contributed by atoms with E-state index in [2.05, 4.69) is 0 Å². The van der Waals surface area contributed by atoms with Crippen LogP contribution in [0.5, 0.6) is 5.75 Å². The number of nitro benzene ring substituents is 1. The van der Waals surface area contributed by atoms with Gasteiger partial charge in [-0.2, -0.15) is 5.26 Å². The molecule has 0 aromatic heterocycles. The molecule has 0 saturated heterocycles. The van der Waals surface area contributed by atoms with Crippen molar-refractivity contribution in [2.45, 2.75) is 19.9 Å². The summed E-state index contributed by atoms with van der Waals surface area (Å²) >= 11 is 0. The van der Waals surface area contributed by atoms with Gasteiger partial charge in [-0.05, 0) is 24.6 Å². The first-order chi connectivity index (χ1) is 11.1. The fourth-order valence-electron chi connectivity index (χ4n) is 2.41. The van der Waals surface area contributed by atoms with Crippen LogP contribution in [0.1, 0.15) is 24.5 Å². The largest absolute Gasteiger partial charge is 0.508 e. The molecule has 0 aliphatic rings. The van der Waals surface area contributed by atoms with Gasteiger partial charge in [0.1, 0.15) is 11.4 Å². The third kappa shape index (κ3) is 3.77. The zero-order valence-electron chi connectivity index (χ0n) is 12.8. The number of nitro groups is 1. The second-order valence-electron chi connectivity index (χ2n) is 5.12. The van der Waals surface area contributed by atoms with Gasteiger partial charge in [-0.1, -0.05) is 25.1 Å². The van der Waals surface area contributed by atoms with Crippen LogP contribution < -0.4 is 4.90 Å².